The van der Waals surface area contributed by atoms with Crippen LogP contribution in [0.4, 0.5) is 0 Å². The Kier molecular flexibility index (Phi) is 6.90. The first-order valence-corrected chi connectivity index (χ1v) is 7.31. The lowest BCUT2D eigenvalue weighted by Gasteiger charge is -2.17. The summed E-state index contributed by atoms with van der Waals surface area (Å²) in [5.41, 5.74) is 0.868. The van der Waals surface area contributed by atoms with Crippen molar-refractivity contribution >= 4 is 23.2 Å². The fourth-order valence-electron chi connectivity index (χ4n) is 1.84. The highest BCUT2D eigenvalue weighted by molar-refractivity contribution is 6.34. The summed E-state index contributed by atoms with van der Waals surface area (Å²) in [7, 11) is 0. The lowest BCUT2D eigenvalue weighted by atomic mass is 10.2. The Labute approximate surface area is 120 Å². The zero-order valence-electron chi connectivity index (χ0n) is 11.3. The molecule has 0 bridgehead atoms. The number of likely N-dealkylation sites (N-methyl/N-ethyl adjacent to an activating group) is 1. The van der Waals surface area contributed by atoms with Crippen molar-refractivity contribution in [1.82, 2.24) is 14.9 Å². The molecule has 0 atom stereocenters. The third-order valence-electron chi connectivity index (χ3n) is 3.00. The molecule has 102 valence electrons. The van der Waals surface area contributed by atoms with Crippen LogP contribution in [0.3, 0.4) is 0 Å². The van der Waals surface area contributed by atoms with Crippen molar-refractivity contribution in [3.05, 3.63) is 21.7 Å². The van der Waals surface area contributed by atoms with Gasteiger partial charge in [-0.2, -0.15) is 0 Å². The van der Waals surface area contributed by atoms with E-state index in [0.29, 0.717) is 10.3 Å². The van der Waals surface area contributed by atoms with Crippen LogP contribution >= 0.6 is 23.2 Å². The van der Waals surface area contributed by atoms with E-state index in [9.17, 15) is 0 Å². The van der Waals surface area contributed by atoms with Crippen molar-refractivity contribution in [1.29, 1.82) is 0 Å². The Morgan fingerprint density at radius 3 is 1.94 bits per heavy atom. The first-order chi connectivity index (χ1) is 8.62. The van der Waals surface area contributed by atoms with Crippen molar-refractivity contribution < 1.29 is 0 Å². The Morgan fingerprint density at radius 1 is 0.944 bits per heavy atom. The molecule has 0 aliphatic rings. The summed E-state index contributed by atoms with van der Waals surface area (Å²) >= 11 is 12.3. The van der Waals surface area contributed by atoms with Gasteiger partial charge in [-0.15, -0.1) is 0 Å². The maximum atomic E-state index is 6.15. The monoisotopic (exact) mass is 289 g/mol. The van der Waals surface area contributed by atoms with E-state index in [1.807, 2.05) is 0 Å². The summed E-state index contributed by atoms with van der Waals surface area (Å²) in [5, 5.41) is 1.01. The quantitative estimate of drug-likeness (QED) is 0.718. The summed E-state index contributed by atoms with van der Waals surface area (Å²) in [6.07, 6.45) is 2.60. The van der Waals surface area contributed by atoms with E-state index < -0.39 is 0 Å². The molecule has 0 fully saturated rings. The smallest absolute Gasteiger partial charge is 0.137 e. The molecule has 1 aromatic heterocycles. The molecule has 3 nitrogen and oxygen atoms in total. The first kappa shape index (κ1) is 15.7. The van der Waals surface area contributed by atoms with Crippen LogP contribution in [0.25, 0.3) is 0 Å². The zero-order valence-corrected chi connectivity index (χ0v) is 12.9. The van der Waals surface area contributed by atoms with E-state index in [1.165, 1.54) is 0 Å². The highest BCUT2D eigenvalue weighted by atomic mass is 35.5. The molecule has 1 aromatic rings. The molecule has 0 aliphatic heterocycles. The standard InChI is InChI=1S/C13H21Cl2N3/c1-4-7-10-12(14)16-11(17-13(10)15)8-9-18(5-2)6-3/h4-9H2,1-3H3. The van der Waals surface area contributed by atoms with Gasteiger partial charge in [0.2, 0.25) is 0 Å². The number of aromatic nitrogens is 2. The summed E-state index contributed by atoms with van der Waals surface area (Å²) in [4.78, 5) is 11.0. The molecular formula is C13H21Cl2N3. The van der Waals surface area contributed by atoms with Gasteiger partial charge in [0.25, 0.3) is 0 Å². The number of hydrogen-bond donors (Lipinski definition) is 0. The molecule has 0 amide bonds. The van der Waals surface area contributed by atoms with E-state index in [1.54, 1.807) is 0 Å². The molecule has 1 heterocycles. The Bertz CT molecular complexity index is 355. The van der Waals surface area contributed by atoms with Crippen LogP contribution in [0.15, 0.2) is 0 Å². The van der Waals surface area contributed by atoms with Crippen molar-refractivity contribution in [2.75, 3.05) is 19.6 Å². The van der Waals surface area contributed by atoms with Gasteiger partial charge in [-0.3, -0.25) is 0 Å². The van der Waals surface area contributed by atoms with Gasteiger partial charge < -0.3 is 4.90 Å². The predicted molar refractivity (Wildman–Crippen MR) is 77.5 cm³/mol. The van der Waals surface area contributed by atoms with E-state index in [-0.39, 0.29) is 0 Å². The summed E-state index contributed by atoms with van der Waals surface area (Å²) in [5.74, 6) is 0.733. The van der Waals surface area contributed by atoms with Gasteiger partial charge in [-0.05, 0) is 19.5 Å². The van der Waals surface area contributed by atoms with Crippen molar-refractivity contribution in [3.8, 4) is 0 Å². The van der Waals surface area contributed by atoms with Gasteiger partial charge in [-0.25, -0.2) is 9.97 Å². The highest BCUT2D eigenvalue weighted by Gasteiger charge is 2.11. The van der Waals surface area contributed by atoms with Crippen LogP contribution in [0.5, 0.6) is 0 Å². The molecule has 0 aromatic carbocycles. The molecule has 0 unspecified atom stereocenters. The minimum Gasteiger partial charge on any atom is -0.303 e. The number of rotatable bonds is 7. The SMILES string of the molecule is CCCc1c(Cl)nc(CCN(CC)CC)nc1Cl. The largest absolute Gasteiger partial charge is 0.303 e. The summed E-state index contributed by atoms with van der Waals surface area (Å²) in [6.45, 7) is 9.38. The zero-order chi connectivity index (χ0) is 13.5. The number of nitrogens with zero attached hydrogens (tertiary/aromatic N) is 3. The first-order valence-electron chi connectivity index (χ1n) is 6.55. The second kappa shape index (κ2) is 7.93. The fraction of sp³-hybridized carbons (Fsp3) is 0.692. The van der Waals surface area contributed by atoms with E-state index >= 15 is 0 Å². The second-order valence-corrected chi connectivity index (χ2v) is 4.94. The van der Waals surface area contributed by atoms with Gasteiger partial charge in [0.15, 0.2) is 0 Å². The maximum absolute atomic E-state index is 6.15. The highest BCUT2D eigenvalue weighted by Crippen LogP contribution is 2.22. The average Bonchev–Trinajstić information content (AvgIpc) is 2.35. The number of hydrogen-bond acceptors (Lipinski definition) is 3. The molecule has 0 saturated carbocycles. The molecule has 18 heavy (non-hydrogen) atoms. The van der Waals surface area contributed by atoms with Gasteiger partial charge >= 0.3 is 0 Å². The van der Waals surface area contributed by atoms with Crippen LogP contribution in [0, 0.1) is 0 Å². The van der Waals surface area contributed by atoms with Gasteiger partial charge in [-0.1, -0.05) is 50.4 Å². The van der Waals surface area contributed by atoms with Crippen LogP contribution in [0.2, 0.25) is 10.3 Å². The molecular weight excluding hydrogens is 269 g/mol. The van der Waals surface area contributed by atoms with Gasteiger partial charge in [0.1, 0.15) is 16.1 Å². The number of halogens is 2. The predicted octanol–water partition coefficient (Wildman–Crippen LogP) is 3.62. The second-order valence-electron chi connectivity index (χ2n) is 4.23. The van der Waals surface area contributed by atoms with Crippen molar-refractivity contribution in [2.24, 2.45) is 0 Å². The molecule has 0 radical (unpaired) electrons. The topological polar surface area (TPSA) is 29.0 Å². The average molecular weight is 290 g/mol. The van der Waals surface area contributed by atoms with E-state index in [0.717, 1.165) is 50.3 Å². The lowest BCUT2D eigenvalue weighted by molar-refractivity contribution is 0.305. The third-order valence-corrected chi connectivity index (χ3v) is 3.62. The van der Waals surface area contributed by atoms with E-state index in [4.69, 9.17) is 23.2 Å². The molecule has 0 N–H and O–H groups in total. The van der Waals surface area contributed by atoms with Gasteiger partial charge in [0, 0.05) is 18.5 Å². The molecule has 1 rings (SSSR count). The van der Waals surface area contributed by atoms with Gasteiger partial charge in [0.05, 0.1) is 0 Å². The minimum absolute atomic E-state index is 0.506. The van der Waals surface area contributed by atoms with Crippen molar-refractivity contribution in [2.45, 2.75) is 40.0 Å². The maximum Gasteiger partial charge on any atom is 0.137 e. The Morgan fingerprint density at radius 2 is 1.50 bits per heavy atom. The van der Waals surface area contributed by atoms with Crippen LogP contribution < -0.4 is 0 Å². The normalized spacial score (nSPS) is 11.2. The van der Waals surface area contributed by atoms with Crippen LogP contribution in [0.1, 0.15) is 38.6 Å². The van der Waals surface area contributed by atoms with Crippen LogP contribution in [-0.2, 0) is 12.8 Å². The molecule has 0 spiro atoms. The molecule has 0 saturated heterocycles. The van der Waals surface area contributed by atoms with E-state index in [2.05, 4.69) is 35.6 Å². The minimum atomic E-state index is 0.506. The van der Waals surface area contributed by atoms with Crippen LogP contribution in [-0.4, -0.2) is 34.5 Å². The fourth-order valence-corrected chi connectivity index (χ4v) is 2.45. The Hall–Kier alpha value is -0.380. The molecule has 5 heteroatoms. The Balaban J connectivity index is 2.73. The summed E-state index contributed by atoms with van der Waals surface area (Å²) in [6, 6.07) is 0. The van der Waals surface area contributed by atoms with Crippen molar-refractivity contribution in [3.63, 3.8) is 0 Å². The third kappa shape index (κ3) is 4.38. The summed E-state index contributed by atoms with van der Waals surface area (Å²) < 4.78 is 0. The molecule has 0 aliphatic carbocycles. The lowest BCUT2D eigenvalue weighted by Crippen LogP contribution is -2.26.